The van der Waals surface area contributed by atoms with Gasteiger partial charge in [-0.15, -0.1) is 0 Å². The van der Waals surface area contributed by atoms with E-state index >= 15 is 0 Å². The number of rotatable bonds is 4. The van der Waals surface area contributed by atoms with Gasteiger partial charge in [-0.2, -0.15) is 0 Å². The van der Waals surface area contributed by atoms with Crippen molar-refractivity contribution in [3.05, 3.63) is 52.9 Å². The van der Waals surface area contributed by atoms with E-state index in [9.17, 15) is 13.6 Å². The summed E-state index contributed by atoms with van der Waals surface area (Å²) in [6, 6.07) is 5.40. The van der Waals surface area contributed by atoms with Crippen LogP contribution in [-0.4, -0.2) is 40.0 Å². The highest BCUT2D eigenvalue weighted by Gasteiger charge is 2.28. The molecule has 0 saturated carbocycles. The highest BCUT2D eigenvalue weighted by Crippen LogP contribution is 2.18. The minimum Gasteiger partial charge on any atom is -0.458 e. The summed E-state index contributed by atoms with van der Waals surface area (Å²) in [6.45, 7) is 4.65. The van der Waals surface area contributed by atoms with Crippen molar-refractivity contribution < 1.29 is 18.3 Å². The monoisotopic (exact) mass is 347 g/mol. The molecule has 7 heteroatoms. The lowest BCUT2D eigenvalue weighted by Gasteiger charge is -2.17. The van der Waals surface area contributed by atoms with Gasteiger partial charge in [0.25, 0.3) is 0 Å². The third kappa shape index (κ3) is 4.29. The number of nitrogens with zero attached hydrogens (tertiary/aromatic N) is 3. The summed E-state index contributed by atoms with van der Waals surface area (Å²) in [5, 5.41) is 0. The van der Waals surface area contributed by atoms with Crippen molar-refractivity contribution in [3.8, 4) is 6.01 Å². The van der Waals surface area contributed by atoms with Crippen LogP contribution in [0.1, 0.15) is 23.4 Å². The summed E-state index contributed by atoms with van der Waals surface area (Å²) in [4.78, 5) is 22.4. The molecule has 1 amide bonds. The molecule has 1 fully saturated rings. The van der Waals surface area contributed by atoms with Crippen molar-refractivity contribution in [2.45, 2.75) is 32.8 Å². The Kier molecular flexibility index (Phi) is 4.92. The number of carbonyl (C=O) groups is 1. The van der Waals surface area contributed by atoms with Gasteiger partial charge in [-0.05, 0) is 31.5 Å². The fourth-order valence-corrected chi connectivity index (χ4v) is 2.89. The van der Waals surface area contributed by atoms with Crippen LogP contribution in [0.2, 0.25) is 0 Å². The van der Waals surface area contributed by atoms with Crippen LogP contribution in [0.25, 0.3) is 0 Å². The maximum atomic E-state index is 13.7. The predicted octanol–water partition coefficient (Wildman–Crippen LogP) is 2.59. The van der Waals surface area contributed by atoms with E-state index in [1.165, 1.54) is 6.07 Å². The summed E-state index contributed by atoms with van der Waals surface area (Å²) >= 11 is 0. The average Bonchev–Trinajstić information content (AvgIpc) is 2.97. The molecule has 2 aromatic rings. The maximum Gasteiger partial charge on any atom is 0.317 e. The van der Waals surface area contributed by atoms with Crippen LogP contribution < -0.4 is 4.74 Å². The van der Waals surface area contributed by atoms with Gasteiger partial charge in [0.05, 0.1) is 13.0 Å². The molecule has 0 aliphatic carbocycles. The van der Waals surface area contributed by atoms with Gasteiger partial charge in [-0.3, -0.25) is 4.79 Å². The topological polar surface area (TPSA) is 55.3 Å². The molecule has 25 heavy (non-hydrogen) atoms. The van der Waals surface area contributed by atoms with E-state index in [2.05, 4.69) is 9.97 Å². The van der Waals surface area contributed by atoms with E-state index in [0.717, 1.165) is 23.5 Å². The second kappa shape index (κ2) is 7.13. The molecular weight excluding hydrogens is 328 g/mol. The lowest BCUT2D eigenvalue weighted by atomic mass is 10.1. The molecule has 1 aliphatic rings. The van der Waals surface area contributed by atoms with Gasteiger partial charge >= 0.3 is 6.01 Å². The van der Waals surface area contributed by atoms with Gasteiger partial charge in [-0.1, -0.05) is 6.07 Å². The first-order valence-electron chi connectivity index (χ1n) is 8.11. The molecule has 2 heterocycles. The Morgan fingerprint density at radius 1 is 1.24 bits per heavy atom. The van der Waals surface area contributed by atoms with Crippen LogP contribution in [0.4, 0.5) is 8.78 Å². The Morgan fingerprint density at radius 2 is 1.96 bits per heavy atom. The van der Waals surface area contributed by atoms with Gasteiger partial charge in [0.1, 0.15) is 17.7 Å². The van der Waals surface area contributed by atoms with E-state index in [4.69, 9.17) is 4.74 Å². The largest absolute Gasteiger partial charge is 0.458 e. The third-order valence-electron chi connectivity index (χ3n) is 4.09. The number of amides is 1. The maximum absolute atomic E-state index is 13.7. The number of hydrogen-bond acceptors (Lipinski definition) is 4. The third-order valence-corrected chi connectivity index (χ3v) is 4.09. The predicted molar refractivity (Wildman–Crippen MR) is 87.2 cm³/mol. The second-order valence-corrected chi connectivity index (χ2v) is 6.21. The molecule has 0 radical (unpaired) electrons. The number of ether oxygens (including phenoxy) is 1. The molecule has 3 rings (SSSR count). The first-order chi connectivity index (χ1) is 11.9. The van der Waals surface area contributed by atoms with Crippen LogP contribution in [0.5, 0.6) is 6.01 Å². The first-order valence-corrected chi connectivity index (χ1v) is 8.11. The van der Waals surface area contributed by atoms with Gasteiger partial charge in [0.2, 0.25) is 5.91 Å². The molecule has 1 aromatic carbocycles. The Morgan fingerprint density at radius 3 is 2.64 bits per heavy atom. The molecule has 1 aromatic heterocycles. The van der Waals surface area contributed by atoms with E-state index in [0.29, 0.717) is 25.5 Å². The molecule has 1 atom stereocenters. The van der Waals surface area contributed by atoms with Crippen molar-refractivity contribution in [2.24, 2.45) is 0 Å². The SMILES string of the molecule is Cc1cc(C)nc(O[C@H]2CCN(C(=O)Cc3ccc(F)cc3F)C2)n1. The van der Waals surface area contributed by atoms with E-state index in [1.807, 2.05) is 19.9 Å². The summed E-state index contributed by atoms with van der Waals surface area (Å²) in [5.41, 5.74) is 1.83. The van der Waals surface area contributed by atoms with Gasteiger partial charge in [-0.25, -0.2) is 18.7 Å². The number of benzene rings is 1. The van der Waals surface area contributed by atoms with Crippen LogP contribution >= 0.6 is 0 Å². The number of hydrogen-bond donors (Lipinski definition) is 0. The Bertz CT molecular complexity index is 778. The normalized spacial score (nSPS) is 17.0. The minimum atomic E-state index is -0.705. The Labute approximate surface area is 144 Å². The van der Waals surface area contributed by atoms with E-state index in [-0.39, 0.29) is 24.0 Å². The zero-order chi connectivity index (χ0) is 18.0. The van der Waals surface area contributed by atoms with Crippen LogP contribution in [0, 0.1) is 25.5 Å². The van der Waals surface area contributed by atoms with E-state index < -0.39 is 11.6 Å². The summed E-state index contributed by atoms with van der Waals surface area (Å²) < 4.78 is 32.4. The smallest absolute Gasteiger partial charge is 0.317 e. The Balaban J connectivity index is 1.59. The highest BCUT2D eigenvalue weighted by molar-refractivity contribution is 5.79. The van der Waals surface area contributed by atoms with Gasteiger partial charge < -0.3 is 9.64 Å². The fourth-order valence-electron chi connectivity index (χ4n) is 2.89. The summed E-state index contributed by atoms with van der Waals surface area (Å²) in [6.07, 6.45) is 0.371. The average molecular weight is 347 g/mol. The number of aryl methyl sites for hydroxylation is 2. The molecule has 0 spiro atoms. The summed E-state index contributed by atoms with van der Waals surface area (Å²) in [7, 11) is 0. The molecule has 0 N–H and O–H groups in total. The number of halogens is 2. The van der Waals surface area contributed by atoms with Crippen molar-refractivity contribution in [2.75, 3.05) is 13.1 Å². The first kappa shape index (κ1) is 17.3. The highest BCUT2D eigenvalue weighted by atomic mass is 19.1. The summed E-state index contributed by atoms with van der Waals surface area (Å²) in [5.74, 6) is -1.57. The van der Waals surface area contributed by atoms with Gasteiger partial charge in [0.15, 0.2) is 0 Å². The molecule has 1 saturated heterocycles. The molecule has 1 aliphatic heterocycles. The van der Waals surface area contributed by atoms with Crippen molar-refractivity contribution in [1.82, 2.24) is 14.9 Å². The zero-order valence-corrected chi connectivity index (χ0v) is 14.1. The lowest BCUT2D eigenvalue weighted by molar-refractivity contribution is -0.129. The van der Waals surface area contributed by atoms with Crippen molar-refractivity contribution in [1.29, 1.82) is 0 Å². The molecular formula is C18H19F2N3O2. The molecule has 5 nitrogen and oxygen atoms in total. The van der Waals surface area contributed by atoms with E-state index in [1.54, 1.807) is 4.90 Å². The minimum absolute atomic E-state index is 0.0983. The number of aromatic nitrogens is 2. The van der Waals surface area contributed by atoms with Crippen LogP contribution in [-0.2, 0) is 11.2 Å². The van der Waals surface area contributed by atoms with Crippen molar-refractivity contribution >= 4 is 5.91 Å². The van der Waals surface area contributed by atoms with Gasteiger partial charge in [0, 0.05) is 30.4 Å². The number of likely N-dealkylation sites (tertiary alicyclic amines) is 1. The quantitative estimate of drug-likeness (QED) is 0.853. The standard InChI is InChI=1S/C18H19F2N3O2/c1-11-7-12(2)22-18(21-11)25-15-5-6-23(10-15)17(24)8-13-3-4-14(19)9-16(13)20/h3-4,7,9,15H,5-6,8,10H2,1-2H3/t15-/m0/s1. The molecule has 0 bridgehead atoms. The fraction of sp³-hybridized carbons (Fsp3) is 0.389. The number of carbonyl (C=O) groups excluding carboxylic acids is 1. The van der Waals surface area contributed by atoms with Crippen LogP contribution in [0.3, 0.4) is 0 Å². The zero-order valence-electron chi connectivity index (χ0n) is 14.1. The van der Waals surface area contributed by atoms with Crippen molar-refractivity contribution in [3.63, 3.8) is 0 Å². The lowest BCUT2D eigenvalue weighted by Crippen LogP contribution is -2.32. The van der Waals surface area contributed by atoms with Crippen LogP contribution in [0.15, 0.2) is 24.3 Å². The molecule has 132 valence electrons. The molecule has 0 unspecified atom stereocenters. The Hall–Kier alpha value is -2.57. The second-order valence-electron chi connectivity index (χ2n) is 6.21.